The largest absolute Gasteiger partial charge is 0.480 e. The number of hydrogen-bond acceptors (Lipinski definition) is 8. The summed E-state index contributed by atoms with van der Waals surface area (Å²) in [6, 6.07) is 10.4. The number of aliphatic carboxylic acids is 1. The number of hydrogen-bond donors (Lipinski definition) is 3. The van der Waals surface area contributed by atoms with Crippen LogP contribution in [0.3, 0.4) is 0 Å². The van der Waals surface area contributed by atoms with Crippen molar-refractivity contribution >= 4 is 46.7 Å². The van der Waals surface area contributed by atoms with E-state index in [4.69, 9.17) is 32.7 Å². The molecule has 172 valence electrons. The van der Waals surface area contributed by atoms with Crippen LogP contribution >= 0.6 is 23.2 Å². The van der Waals surface area contributed by atoms with Crippen molar-refractivity contribution in [1.82, 2.24) is 15.0 Å². The lowest BCUT2D eigenvalue weighted by Gasteiger charge is -2.15. The molecule has 0 aliphatic carbocycles. The number of methoxy groups -OCH3 is 2. The highest BCUT2D eigenvalue weighted by Gasteiger charge is 2.21. The topological polar surface area (TPSA) is 136 Å². The van der Waals surface area contributed by atoms with Gasteiger partial charge in [-0.15, -0.1) is 4.98 Å². The molecule has 3 aromatic rings. The summed E-state index contributed by atoms with van der Waals surface area (Å²) in [6.45, 7) is 0. The maximum atomic E-state index is 12.5. The van der Waals surface area contributed by atoms with Gasteiger partial charge in [0.05, 0.1) is 29.8 Å². The van der Waals surface area contributed by atoms with Crippen molar-refractivity contribution in [3.05, 3.63) is 63.6 Å². The number of carbonyl (C=O) groups excluding carboxylic acids is 1. The molecule has 0 bridgehead atoms. The first-order chi connectivity index (χ1) is 15.8. The number of halogens is 2. The second-order valence-corrected chi connectivity index (χ2v) is 7.43. The smallest absolute Gasteiger partial charge is 0.326 e. The van der Waals surface area contributed by atoms with E-state index >= 15 is 0 Å². The van der Waals surface area contributed by atoms with Crippen molar-refractivity contribution in [3.8, 4) is 12.0 Å². The average Bonchev–Trinajstić information content (AvgIpc) is 2.79. The average molecular weight is 492 g/mol. The van der Waals surface area contributed by atoms with E-state index in [0.29, 0.717) is 11.3 Å². The van der Waals surface area contributed by atoms with E-state index in [9.17, 15) is 14.7 Å². The first-order valence-corrected chi connectivity index (χ1v) is 10.2. The Hall–Kier alpha value is -3.63. The molecule has 10 nitrogen and oxygen atoms in total. The van der Waals surface area contributed by atoms with Crippen LogP contribution < -0.4 is 20.1 Å². The van der Waals surface area contributed by atoms with Crippen LogP contribution in [0.15, 0.2) is 42.5 Å². The molecule has 3 N–H and O–H groups in total. The van der Waals surface area contributed by atoms with E-state index in [-0.39, 0.29) is 40.0 Å². The van der Waals surface area contributed by atoms with Crippen LogP contribution in [-0.4, -0.2) is 52.2 Å². The minimum absolute atomic E-state index is 0.00778. The van der Waals surface area contributed by atoms with Gasteiger partial charge in [0.2, 0.25) is 5.95 Å². The maximum absolute atomic E-state index is 12.5. The summed E-state index contributed by atoms with van der Waals surface area (Å²) in [4.78, 5) is 36.1. The molecule has 0 fully saturated rings. The second kappa shape index (κ2) is 10.8. The lowest BCUT2D eigenvalue weighted by molar-refractivity contribution is -0.137. The molecule has 3 rings (SSSR count). The second-order valence-electron chi connectivity index (χ2n) is 6.62. The van der Waals surface area contributed by atoms with Crippen LogP contribution in [-0.2, 0) is 11.2 Å². The summed E-state index contributed by atoms with van der Waals surface area (Å²) < 4.78 is 9.94. The number of rotatable bonds is 9. The summed E-state index contributed by atoms with van der Waals surface area (Å²) >= 11 is 12.1. The fraction of sp³-hybridized carbons (Fsp3) is 0.190. The molecule has 0 saturated carbocycles. The predicted molar refractivity (Wildman–Crippen MR) is 123 cm³/mol. The Kier molecular flexibility index (Phi) is 7.86. The molecule has 2 aromatic carbocycles. The summed E-state index contributed by atoms with van der Waals surface area (Å²) in [6.07, 6.45) is 0.107. The van der Waals surface area contributed by atoms with E-state index in [1.54, 1.807) is 42.5 Å². The fourth-order valence-electron chi connectivity index (χ4n) is 2.81. The summed E-state index contributed by atoms with van der Waals surface area (Å²) in [5, 5.41) is 15.5. The highest BCUT2D eigenvalue weighted by atomic mass is 35.5. The van der Waals surface area contributed by atoms with Crippen molar-refractivity contribution in [1.29, 1.82) is 0 Å². The molecule has 0 saturated heterocycles. The van der Waals surface area contributed by atoms with Crippen LogP contribution in [0.5, 0.6) is 12.0 Å². The molecule has 0 unspecified atom stereocenters. The number of carboxylic acids is 1. The summed E-state index contributed by atoms with van der Waals surface area (Å²) in [5.41, 5.74) is 1.35. The third-order valence-electron chi connectivity index (χ3n) is 4.40. The van der Waals surface area contributed by atoms with Crippen LogP contribution in [0.1, 0.15) is 15.9 Å². The number of nitrogens with one attached hydrogen (secondary N) is 2. The molecule has 0 aliphatic rings. The minimum atomic E-state index is -1.11. The lowest BCUT2D eigenvalue weighted by Crippen LogP contribution is -2.32. The molecule has 1 amide bonds. The van der Waals surface area contributed by atoms with Gasteiger partial charge in [-0.3, -0.25) is 4.79 Å². The summed E-state index contributed by atoms with van der Waals surface area (Å²) in [7, 11) is 2.74. The molecule has 0 spiro atoms. The Balaban J connectivity index is 1.71. The molecule has 12 heteroatoms. The van der Waals surface area contributed by atoms with Crippen molar-refractivity contribution in [3.63, 3.8) is 0 Å². The number of aromatic nitrogens is 3. The molecular formula is C21H19Cl2N5O5. The SMILES string of the molecule is COc1nc(N[C@@H](Cc2ccc(NC(=O)c3c(Cl)cccc3Cl)cc2)C(=O)O)nc(OC)n1. The Morgan fingerprint density at radius 1 is 0.970 bits per heavy atom. The van der Waals surface area contributed by atoms with Gasteiger partial charge in [0.15, 0.2) is 0 Å². The number of ether oxygens (including phenoxy) is 2. The van der Waals surface area contributed by atoms with Crippen LogP contribution in [0.4, 0.5) is 11.6 Å². The minimum Gasteiger partial charge on any atom is -0.480 e. The number of carboxylic acid groups (broad SMARTS) is 1. The van der Waals surface area contributed by atoms with Gasteiger partial charge in [-0.05, 0) is 29.8 Å². The monoisotopic (exact) mass is 491 g/mol. The molecule has 0 aliphatic heterocycles. The standard InChI is InChI=1S/C21H19Cl2N5O5/c1-32-20-26-19(27-21(28-20)33-2)25-15(18(30)31)10-11-6-8-12(9-7-11)24-17(29)16-13(22)4-3-5-14(16)23/h3-9,15H,10H2,1-2H3,(H,24,29)(H,30,31)(H,25,26,27,28)/t15-/m0/s1. The fourth-order valence-corrected chi connectivity index (χ4v) is 3.38. The third-order valence-corrected chi connectivity index (χ3v) is 5.03. The number of amides is 1. The first-order valence-electron chi connectivity index (χ1n) is 9.48. The number of anilines is 2. The van der Waals surface area contributed by atoms with Crippen molar-refractivity contribution in [2.75, 3.05) is 24.9 Å². The zero-order valence-corrected chi connectivity index (χ0v) is 19.0. The van der Waals surface area contributed by atoms with E-state index < -0.39 is 17.9 Å². The molecular weight excluding hydrogens is 473 g/mol. The predicted octanol–water partition coefficient (Wildman–Crippen LogP) is 3.56. The third kappa shape index (κ3) is 6.21. The quantitative estimate of drug-likeness (QED) is 0.410. The van der Waals surface area contributed by atoms with Crippen molar-refractivity contribution < 1.29 is 24.2 Å². The van der Waals surface area contributed by atoms with Gasteiger partial charge in [-0.1, -0.05) is 41.4 Å². The number of nitrogens with zero attached hydrogens (tertiary/aromatic N) is 3. The molecule has 1 atom stereocenters. The van der Waals surface area contributed by atoms with Gasteiger partial charge in [0.1, 0.15) is 6.04 Å². The Bertz CT molecular complexity index is 1120. The van der Waals surface area contributed by atoms with Crippen LogP contribution in [0.25, 0.3) is 0 Å². The molecule has 33 heavy (non-hydrogen) atoms. The van der Waals surface area contributed by atoms with Crippen molar-refractivity contribution in [2.45, 2.75) is 12.5 Å². The van der Waals surface area contributed by atoms with E-state index in [1.807, 2.05) is 0 Å². The van der Waals surface area contributed by atoms with Gasteiger partial charge < -0.3 is 25.2 Å². The van der Waals surface area contributed by atoms with Crippen LogP contribution in [0, 0.1) is 0 Å². The molecule has 0 radical (unpaired) electrons. The Morgan fingerprint density at radius 2 is 1.55 bits per heavy atom. The summed E-state index contributed by atoms with van der Waals surface area (Å²) in [5.74, 6) is -1.58. The van der Waals surface area contributed by atoms with Gasteiger partial charge in [0.25, 0.3) is 5.91 Å². The first kappa shape index (κ1) is 24.0. The maximum Gasteiger partial charge on any atom is 0.326 e. The Morgan fingerprint density at radius 3 is 2.06 bits per heavy atom. The van der Waals surface area contributed by atoms with Crippen molar-refractivity contribution in [2.24, 2.45) is 0 Å². The zero-order chi connectivity index (χ0) is 24.0. The van der Waals surface area contributed by atoms with Gasteiger partial charge in [0, 0.05) is 12.1 Å². The van der Waals surface area contributed by atoms with Gasteiger partial charge in [-0.25, -0.2) is 4.79 Å². The molecule has 1 aromatic heterocycles. The lowest BCUT2D eigenvalue weighted by atomic mass is 10.1. The van der Waals surface area contributed by atoms with Gasteiger partial charge >= 0.3 is 18.0 Å². The van der Waals surface area contributed by atoms with E-state index in [2.05, 4.69) is 25.6 Å². The zero-order valence-electron chi connectivity index (χ0n) is 17.5. The van der Waals surface area contributed by atoms with Crippen LogP contribution in [0.2, 0.25) is 10.0 Å². The highest BCUT2D eigenvalue weighted by Crippen LogP contribution is 2.25. The highest BCUT2D eigenvalue weighted by molar-refractivity contribution is 6.40. The van der Waals surface area contributed by atoms with E-state index in [1.165, 1.54) is 14.2 Å². The normalized spacial score (nSPS) is 11.4. The Labute approximate surface area is 198 Å². The number of carbonyl (C=O) groups is 2. The molecule has 1 heterocycles. The van der Waals surface area contributed by atoms with E-state index in [0.717, 1.165) is 0 Å². The number of benzene rings is 2. The van der Waals surface area contributed by atoms with Gasteiger partial charge in [-0.2, -0.15) is 9.97 Å².